The number of unbranched alkanes of at least 4 members (excludes halogenated alkanes) is 2. The molecule has 4 heteroatoms. The Morgan fingerprint density at radius 1 is 1.53 bits per heavy atom. The molecule has 0 atom stereocenters. The van der Waals surface area contributed by atoms with Gasteiger partial charge in [0.05, 0.1) is 5.56 Å². The Kier molecular flexibility index (Phi) is 5.18. The maximum atomic E-state index is 11.1. The molecule has 0 radical (unpaired) electrons. The minimum absolute atomic E-state index is 0.402. The van der Waals surface area contributed by atoms with Crippen molar-refractivity contribution >= 4 is 17.7 Å². The van der Waals surface area contributed by atoms with E-state index >= 15 is 0 Å². The summed E-state index contributed by atoms with van der Waals surface area (Å²) in [5.74, 6) is 0.589. The molecule has 1 rings (SSSR count). The van der Waals surface area contributed by atoms with E-state index in [1.165, 1.54) is 12.8 Å². The van der Waals surface area contributed by atoms with Crippen LogP contribution in [0.4, 0.5) is 0 Å². The summed E-state index contributed by atoms with van der Waals surface area (Å²) >= 11 is 1.60. The van der Waals surface area contributed by atoms with E-state index in [2.05, 4.69) is 11.9 Å². The van der Waals surface area contributed by atoms with Gasteiger partial charge in [-0.1, -0.05) is 19.8 Å². The zero-order valence-electron chi connectivity index (χ0n) is 8.90. The molecule has 0 aromatic carbocycles. The summed E-state index contributed by atoms with van der Waals surface area (Å²) in [6.45, 7) is 2.17. The van der Waals surface area contributed by atoms with Crippen LogP contribution in [0.25, 0.3) is 0 Å². The summed E-state index contributed by atoms with van der Waals surface area (Å²) < 4.78 is 0. The fourth-order valence-corrected chi connectivity index (χ4v) is 2.22. The molecule has 0 aliphatic carbocycles. The predicted octanol–water partition coefficient (Wildman–Crippen LogP) is 2.46. The van der Waals surface area contributed by atoms with Gasteiger partial charge in [-0.3, -0.25) is 4.79 Å². The van der Waals surface area contributed by atoms with Crippen LogP contribution in [0.2, 0.25) is 0 Å². The number of amides is 1. The van der Waals surface area contributed by atoms with Gasteiger partial charge in [0, 0.05) is 6.20 Å². The predicted molar refractivity (Wildman–Crippen MR) is 63.0 cm³/mol. The second-order valence-corrected chi connectivity index (χ2v) is 4.36. The van der Waals surface area contributed by atoms with Gasteiger partial charge in [0.25, 0.3) is 5.91 Å². The number of hydrogen-bond acceptors (Lipinski definition) is 3. The lowest BCUT2D eigenvalue weighted by Crippen LogP contribution is -2.12. The molecule has 0 saturated heterocycles. The minimum Gasteiger partial charge on any atom is -0.366 e. The molecular formula is C11H16N2OS. The van der Waals surface area contributed by atoms with Crippen LogP contribution in [0, 0.1) is 0 Å². The highest BCUT2D eigenvalue weighted by molar-refractivity contribution is 7.99. The van der Waals surface area contributed by atoms with E-state index < -0.39 is 5.91 Å². The van der Waals surface area contributed by atoms with Crippen molar-refractivity contribution in [2.45, 2.75) is 31.2 Å². The summed E-state index contributed by atoms with van der Waals surface area (Å²) in [5.41, 5.74) is 5.78. The molecule has 0 spiro atoms. The average Bonchev–Trinajstić information content (AvgIpc) is 2.25. The van der Waals surface area contributed by atoms with Gasteiger partial charge in [-0.15, -0.1) is 11.8 Å². The third-order valence-electron chi connectivity index (χ3n) is 2.02. The molecule has 1 heterocycles. The van der Waals surface area contributed by atoms with Gasteiger partial charge in [0.1, 0.15) is 5.03 Å². The summed E-state index contributed by atoms with van der Waals surface area (Å²) in [6.07, 6.45) is 5.25. The van der Waals surface area contributed by atoms with E-state index in [-0.39, 0.29) is 0 Å². The Hall–Kier alpha value is -1.03. The monoisotopic (exact) mass is 224 g/mol. The zero-order valence-corrected chi connectivity index (χ0v) is 9.72. The quantitative estimate of drug-likeness (QED) is 0.596. The molecule has 3 nitrogen and oxygen atoms in total. The number of primary amides is 1. The van der Waals surface area contributed by atoms with E-state index in [0.29, 0.717) is 5.56 Å². The lowest BCUT2D eigenvalue weighted by atomic mass is 10.3. The van der Waals surface area contributed by atoms with Crippen molar-refractivity contribution in [3.05, 3.63) is 23.9 Å². The van der Waals surface area contributed by atoms with E-state index in [0.717, 1.165) is 17.2 Å². The molecule has 15 heavy (non-hydrogen) atoms. The van der Waals surface area contributed by atoms with Crippen LogP contribution < -0.4 is 5.73 Å². The minimum atomic E-state index is -0.402. The van der Waals surface area contributed by atoms with E-state index in [9.17, 15) is 4.79 Å². The lowest BCUT2D eigenvalue weighted by Gasteiger charge is -2.04. The van der Waals surface area contributed by atoms with E-state index in [1.807, 2.05) is 0 Å². The smallest absolute Gasteiger partial charge is 0.251 e. The summed E-state index contributed by atoms with van der Waals surface area (Å²) in [6, 6.07) is 3.45. The number of nitrogens with two attached hydrogens (primary N) is 1. The number of pyridine rings is 1. The Morgan fingerprint density at radius 2 is 2.33 bits per heavy atom. The molecule has 0 bridgehead atoms. The Labute approximate surface area is 94.5 Å². The lowest BCUT2D eigenvalue weighted by molar-refractivity contribution is 0.0997. The number of carbonyl (C=O) groups excluding carboxylic acids is 1. The molecule has 0 aliphatic heterocycles. The van der Waals surface area contributed by atoms with Gasteiger partial charge in [-0.25, -0.2) is 4.98 Å². The van der Waals surface area contributed by atoms with Crippen molar-refractivity contribution in [3.8, 4) is 0 Å². The second-order valence-electron chi connectivity index (χ2n) is 3.28. The molecule has 0 aliphatic rings. The van der Waals surface area contributed by atoms with Crippen LogP contribution in [-0.4, -0.2) is 16.6 Å². The van der Waals surface area contributed by atoms with Gasteiger partial charge in [-0.2, -0.15) is 0 Å². The fourth-order valence-electron chi connectivity index (χ4n) is 1.21. The highest BCUT2D eigenvalue weighted by atomic mass is 32.2. The third-order valence-corrected chi connectivity index (χ3v) is 3.11. The molecular weight excluding hydrogens is 208 g/mol. The van der Waals surface area contributed by atoms with Crippen molar-refractivity contribution in [2.75, 3.05) is 5.75 Å². The van der Waals surface area contributed by atoms with Crippen LogP contribution in [0.1, 0.15) is 36.5 Å². The highest BCUT2D eigenvalue weighted by Gasteiger charge is 2.08. The molecule has 1 aromatic heterocycles. The first-order chi connectivity index (χ1) is 7.25. The number of thioether (sulfide) groups is 1. The number of nitrogens with zero attached hydrogens (tertiary/aromatic N) is 1. The van der Waals surface area contributed by atoms with Crippen molar-refractivity contribution in [1.29, 1.82) is 0 Å². The molecule has 0 saturated carbocycles. The standard InChI is InChI=1S/C11H16N2OS/c1-2-3-4-8-15-11-9(10(12)14)6-5-7-13-11/h5-7H,2-4,8H2,1H3,(H2,12,14). The van der Waals surface area contributed by atoms with Gasteiger partial charge in [0.15, 0.2) is 0 Å². The average molecular weight is 224 g/mol. The van der Waals surface area contributed by atoms with Gasteiger partial charge < -0.3 is 5.73 Å². The number of carbonyl (C=O) groups is 1. The van der Waals surface area contributed by atoms with Crippen LogP contribution in [0.5, 0.6) is 0 Å². The molecule has 1 amide bonds. The van der Waals surface area contributed by atoms with Crippen molar-refractivity contribution < 1.29 is 4.79 Å². The van der Waals surface area contributed by atoms with Gasteiger partial charge in [0.2, 0.25) is 0 Å². The maximum Gasteiger partial charge on any atom is 0.251 e. The maximum absolute atomic E-state index is 11.1. The normalized spacial score (nSPS) is 10.2. The Balaban J connectivity index is 2.56. The van der Waals surface area contributed by atoms with E-state index in [1.54, 1.807) is 30.1 Å². The van der Waals surface area contributed by atoms with Gasteiger partial charge >= 0.3 is 0 Å². The van der Waals surface area contributed by atoms with Crippen molar-refractivity contribution in [3.63, 3.8) is 0 Å². The van der Waals surface area contributed by atoms with Crippen molar-refractivity contribution in [1.82, 2.24) is 4.98 Å². The van der Waals surface area contributed by atoms with Crippen LogP contribution in [0.15, 0.2) is 23.4 Å². The number of hydrogen-bond donors (Lipinski definition) is 1. The molecule has 0 fully saturated rings. The van der Waals surface area contributed by atoms with Gasteiger partial charge in [-0.05, 0) is 24.3 Å². The van der Waals surface area contributed by atoms with Crippen LogP contribution in [-0.2, 0) is 0 Å². The van der Waals surface area contributed by atoms with E-state index in [4.69, 9.17) is 5.73 Å². The van der Waals surface area contributed by atoms with Crippen molar-refractivity contribution in [2.24, 2.45) is 5.73 Å². The largest absolute Gasteiger partial charge is 0.366 e. The molecule has 2 N–H and O–H groups in total. The topological polar surface area (TPSA) is 56.0 Å². The number of rotatable bonds is 6. The van der Waals surface area contributed by atoms with Crippen LogP contribution in [0.3, 0.4) is 0 Å². The molecule has 0 unspecified atom stereocenters. The zero-order chi connectivity index (χ0) is 11.1. The second kappa shape index (κ2) is 6.45. The summed E-state index contributed by atoms with van der Waals surface area (Å²) in [4.78, 5) is 15.2. The number of aromatic nitrogens is 1. The first kappa shape index (κ1) is 12.0. The Morgan fingerprint density at radius 3 is 3.00 bits per heavy atom. The fraction of sp³-hybridized carbons (Fsp3) is 0.455. The summed E-state index contributed by atoms with van der Waals surface area (Å²) in [5, 5.41) is 0.751. The van der Waals surface area contributed by atoms with Crippen LogP contribution >= 0.6 is 11.8 Å². The Bertz CT molecular complexity index is 328. The third kappa shape index (κ3) is 3.91. The SMILES string of the molecule is CCCCCSc1ncccc1C(N)=O. The first-order valence-corrected chi connectivity index (χ1v) is 6.12. The molecule has 1 aromatic rings. The first-order valence-electron chi connectivity index (χ1n) is 5.13. The molecule has 82 valence electrons. The highest BCUT2D eigenvalue weighted by Crippen LogP contribution is 2.20. The summed E-state index contributed by atoms with van der Waals surface area (Å²) in [7, 11) is 0.